The van der Waals surface area contributed by atoms with Gasteiger partial charge in [0, 0.05) is 18.2 Å². The number of nitrogens with zero attached hydrogens (tertiary/aromatic N) is 1. The van der Waals surface area contributed by atoms with Crippen molar-refractivity contribution in [1.82, 2.24) is 10.6 Å². The molecule has 1 aliphatic heterocycles. The minimum atomic E-state index is -0.318. The van der Waals surface area contributed by atoms with Crippen LogP contribution < -0.4 is 10.6 Å². The first-order valence-corrected chi connectivity index (χ1v) is 6.41. The fourth-order valence-electron chi connectivity index (χ4n) is 2.34. The molecule has 2 rings (SSSR count). The number of nitro groups is 1. The topological polar surface area (TPSA) is 67.2 Å². The van der Waals surface area contributed by atoms with Gasteiger partial charge in [0.05, 0.1) is 4.92 Å². The predicted molar refractivity (Wildman–Crippen MR) is 70.4 cm³/mol. The molecular formula is C13H19N3O2. The van der Waals surface area contributed by atoms with Crippen LogP contribution in [0.1, 0.15) is 18.4 Å². The lowest BCUT2D eigenvalue weighted by molar-refractivity contribution is -0.385. The lowest BCUT2D eigenvalue weighted by Crippen LogP contribution is -2.33. The van der Waals surface area contributed by atoms with Crippen molar-refractivity contribution >= 4 is 5.69 Å². The van der Waals surface area contributed by atoms with Crippen molar-refractivity contribution in [2.24, 2.45) is 5.92 Å². The van der Waals surface area contributed by atoms with E-state index in [1.165, 1.54) is 12.8 Å². The molecule has 0 aliphatic carbocycles. The number of nitrogens with one attached hydrogen (secondary N) is 2. The molecule has 5 nitrogen and oxygen atoms in total. The zero-order valence-corrected chi connectivity index (χ0v) is 10.4. The molecule has 0 aromatic heterocycles. The summed E-state index contributed by atoms with van der Waals surface area (Å²) in [7, 11) is 0. The Balaban J connectivity index is 1.84. The molecule has 1 saturated heterocycles. The van der Waals surface area contributed by atoms with E-state index in [1.54, 1.807) is 12.1 Å². The van der Waals surface area contributed by atoms with Crippen LogP contribution in [0.2, 0.25) is 0 Å². The number of benzene rings is 1. The van der Waals surface area contributed by atoms with Gasteiger partial charge in [-0.2, -0.15) is 0 Å². The summed E-state index contributed by atoms with van der Waals surface area (Å²) in [6, 6.07) is 6.91. The number of rotatable bonds is 5. The molecule has 0 atom stereocenters. The molecule has 18 heavy (non-hydrogen) atoms. The Morgan fingerprint density at radius 1 is 1.33 bits per heavy atom. The van der Waals surface area contributed by atoms with Gasteiger partial charge >= 0.3 is 0 Å². The van der Waals surface area contributed by atoms with Crippen LogP contribution in [0.15, 0.2) is 24.3 Å². The molecule has 1 aliphatic rings. The van der Waals surface area contributed by atoms with Crippen molar-refractivity contribution in [1.29, 1.82) is 0 Å². The van der Waals surface area contributed by atoms with Gasteiger partial charge in [-0.05, 0) is 38.4 Å². The van der Waals surface area contributed by atoms with Crippen LogP contribution in [0.25, 0.3) is 0 Å². The summed E-state index contributed by atoms with van der Waals surface area (Å²) in [4.78, 5) is 10.5. The molecule has 1 fully saturated rings. The molecule has 98 valence electrons. The molecule has 0 amide bonds. The molecular weight excluding hydrogens is 230 g/mol. The highest BCUT2D eigenvalue weighted by molar-refractivity contribution is 5.39. The monoisotopic (exact) mass is 249 g/mol. The molecule has 1 heterocycles. The average molecular weight is 249 g/mol. The van der Waals surface area contributed by atoms with Crippen molar-refractivity contribution in [3.05, 3.63) is 39.9 Å². The molecule has 0 unspecified atom stereocenters. The number of para-hydroxylation sites is 1. The van der Waals surface area contributed by atoms with E-state index in [0.29, 0.717) is 12.5 Å². The second-order valence-corrected chi connectivity index (χ2v) is 4.71. The first kappa shape index (κ1) is 13.0. The van der Waals surface area contributed by atoms with Gasteiger partial charge in [-0.1, -0.05) is 18.2 Å². The SMILES string of the molecule is O=[N+]([O-])c1ccccc1CNCC1CCNCC1. The van der Waals surface area contributed by atoms with Crippen LogP contribution in [0.3, 0.4) is 0 Å². The molecule has 1 aromatic rings. The second kappa shape index (κ2) is 6.47. The fraction of sp³-hybridized carbons (Fsp3) is 0.538. The van der Waals surface area contributed by atoms with Gasteiger partial charge in [-0.25, -0.2) is 0 Å². The third-order valence-electron chi connectivity index (χ3n) is 3.40. The van der Waals surface area contributed by atoms with Gasteiger partial charge in [0.2, 0.25) is 0 Å². The molecule has 1 aromatic carbocycles. The number of hydrogen-bond acceptors (Lipinski definition) is 4. The second-order valence-electron chi connectivity index (χ2n) is 4.71. The number of hydrogen-bond donors (Lipinski definition) is 2. The van der Waals surface area contributed by atoms with E-state index in [2.05, 4.69) is 10.6 Å². The highest BCUT2D eigenvalue weighted by Gasteiger charge is 2.14. The van der Waals surface area contributed by atoms with E-state index in [4.69, 9.17) is 0 Å². The quantitative estimate of drug-likeness (QED) is 0.615. The summed E-state index contributed by atoms with van der Waals surface area (Å²) in [5.41, 5.74) is 0.965. The van der Waals surface area contributed by atoms with Crippen molar-refractivity contribution in [3.8, 4) is 0 Å². The van der Waals surface area contributed by atoms with Crippen molar-refractivity contribution in [2.45, 2.75) is 19.4 Å². The summed E-state index contributed by atoms with van der Waals surface area (Å²) < 4.78 is 0. The van der Waals surface area contributed by atoms with Gasteiger partial charge in [0.25, 0.3) is 5.69 Å². The Morgan fingerprint density at radius 2 is 2.06 bits per heavy atom. The van der Waals surface area contributed by atoms with Crippen LogP contribution >= 0.6 is 0 Å². The minimum absolute atomic E-state index is 0.204. The zero-order valence-electron chi connectivity index (χ0n) is 10.4. The van der Waals surface area contributed by atoms with Crippen LogP contribution in [0.4, 0.5) is 5.69 Å². The van der Waals surface area contributed by atoms with Crippen LogP contribution in [0, 0.1) is 16.0 Å². The van der Waals surface area contributed by atoms with Gasteiger partial charge in [-0.15, -0.1) is 0 Å². The lowest BCUT2D eigenvalue weighted by Gasteiger charge is -2.22. The van der Waals surface area contributed by atoms with Crippen LogP contribution in [0.5, 0.6) is 0 Å². The average Bonchev–Trinajstić information content (AvgIpc) is 2.40. The normalized spacial score (nSPS) is 16.7. The largest absolute Gasteiger partial charge is 0.317 e. The van der Waals surface area contributed by atoms with E-state index in [9.17, 15) is 10.1 Å². The van der Waals surface area contributed by atoms with E-state index < -0.39 is 0 Å². The smallest absolute Gasteiger partial charge is 0.273 e. The fourth-order valence-corrected chi connectivity index (χ4v) is 2.34. The van der Waals surface area contributed by atoms with E-state index in [0.717, 1.165) is 25.2 Å². The summed E-state index contributed by atoms with van der Waals surface area (Å²) in [5.74, 6) is 0.689. The summed E-state index contributed by atoms with van der Waals surface area (Å²) in [6.07, 6.45) is 2.37. The standard InChI is InChI=1S/C13H19N3O2/c17-16(18)13-4-2-1-3-12(13)10-15-9-11-5-7-14-8-6-11/h1-4,11,14-15H,5-10H2. The minimum Gasteiger partial charge on any atom is -0.317 e. The Labute approximate surface area is 107 Å². The van der Waals surface area contributed by atoms with Crippen molar-refractivity contribution < 1.29 is 4.92 Å². The first-order chi connectivity index (χ1) is 8.77. The summed E-state index contributed by atoms with van der Waals surface area (Å²) >= 11 is 0. The lowest BCUT2D eigenvalue weighted by atomic mass is 9.98. The Kier molecular flexibility index (Phi) is 4.66. The molecule has 0 spiro atoms. The Morgan fingerprint density at radius 3 is 2.78 bits per heavy atom. The number of nitro benzene ring substituents is 1. The summed E-state index contributed by atoms with van der Waals surface area (Å²) in [6.45, 7) is 3.67. The first-order valence-electron chi connectivity index (χ1n) is 6.41. The van der Waals surface area contributed by atoms with Gasteiger partial charge < -0.3 is 10.6 Å². The van der Waals surface area contributed by atoms with Gasteiger partial charge in [0.15, 0.2) is 0 Å². The predicted octanol–water partition coefficient (Wildman–Crippen LogP) is 1.68. The summed E-state index contributed by atoms with van der Waals surface area (Å²) in [5, 5.41) is 17.5. The molecule has 0 saturated carbocycles. The highest BCUT2D eigenvalue weighted by atomic mass is 16.6. The van der Waals surface area contributed by atoms with Crippen molar-refractivity contribution in [2.75, 3.05) is 19.6 Å². The van der Waals surface area contributed by atoms with Crippen LogP contribution in [-0.4, -0.2) is 24.6 Å². The third kappa shape index (κ3) is 3.51. The van der Waals surface area contributed by atoms with Gasteiger partial charge in [0.1, 0.15) is 0 Å². The maximum atomic E-state index is 10.9. The Hall–Kier alpha value is -1.46. The zero-order chi connectivity index (χ0) is 12.8. The van der Waals surface area contributed by atoms with Crippen molar-refractivity contribution in [3.63, 3.8) is 0 Å². The maximum Gasteiger partial charge on any atom is 0.273 e. The molecule has 0 bridgehead atoms. The van der Waals surface area contributed by atoms with E-state index in [1.807, 2.05) is 12.1 Å². The highest BCUT2D eigenvalue weighted by Crippen LogP contribution is 2.17. The number of piperidine rings is 1. The maximum absolute atomic E-state index is 10.9. The van der Waals surface area contributed by atoms with Gasteiger partial charge in [-0.3, -0.25) is 10.1 Å². The molecule has 0 radical (unpaired) electrons. The van der Waals surface area contributed by atoms with E-state index >= 15 is 0 Å². The third-order valence-corrected chi connectivity index (χ3v) is 3.40. The molecule has 5 heteroatoms. The van der Waals surface area contributed by atoms with Crippen LogP contribution in [-0.2, 0) is 6.54 Å². The Bertz CT molecular complexity index is 403. The van der Waals surface area contributed by atoms with E-state index in [-0.39, 0.29) is 10.6 Å². The molecule has 2 N–H and O–H groups in total.